The van der Waals surface area contributed by atoms with Crippen molar-refractivity contribution in [1.29, 1.82) is 0 Å². The molecule has 0 saturated carbocycles. The number of ether oxygens (including phenoxy) is 1. The third kappa shape index (κ3) is 2.14. The zero-order valence-electron chi connectivity index (χ0n) is 12.3. The highest BCUT2D eigenvalue weighted by atomic mass is 16.5. The second kappa shape index (κ2) is 5.01. The summed E-state index contributed by atoms with van der Waals surface area (Å²) in [6.45, 7) is 5.40. The van der Waals surface area contributed by atoms with E-state index in [1.807, 2.05) is 7.11 Å². The number of nitrogens with zero attached hydrogens (tertiary/aromatic N) is 2. The van der Waals surface area contributed by atoms with Crippen LogP contribution in [0.25, 0.3) is 0 Å². The van der Waals surface area contributed by atoms with Gasteiger partial charge in [-0.25, -0.2) is 0 Å². The SMILES string of the molecule is CO[C@@H]1CCN2C[C@H]3C[C@H](CN4CCCC[C@H]34)[C@@H]2C1. The van der Waals surface area contributed by atoms with Crippen molar-refractivity contribution in [3.05, 3.63) is 0 Å². The normalized spacial score (nSPS) is 47.5. The molecule has 4 saturated heterocycles. The molecule has 0 radical (unpaired) electrons. The Hall–Kier alpha value is -0.120. The molecule has 108 valence electrons. The molecule has 0 N–H and O–H groups in total. The highest BCUT2D eigenvalue weighted by Crippen LogP contribution is 2.42. The summed E-state index contributed by atoms with van der Waals surface area (Å²) in [5.41, 5.74) is 0. The summed E-state index contributed by atoms with van der Waals surface area (Å²) in [4.78, 5) is 5.66. The molecule has 5 atom stereocenters. The zero-order valence-corrected chi connectivity index (χ0v) is 12.3. The van der Waals surface area contributed by atoms with Gasteiger partial charge in [0.25, 0.3) is 0 Å². The molecule has 3 heteroatoms. The van der Waals surface area contributed by atoms with Crippen molar-refractivity contribution in [1.82, 2.24) is 9.80 Å². The Bertz CT molecular complexity index is 335. The molecule has 0 aromatic rings. The first kappa shape index (κ1) is 12.6. The fraction of sp³-hybridized carbons (Fsp3) is 1.00. The lowest BCUT2D eigenvalue weighted by Gasteiger charge is -2.57. The van der Waals surface area contributed by atoms with E-state index in [1.54, 1.807) is 0 Å². The van der Waals surface area contributed by atoms with Gasteiger partial charge >= 0.3 is 0 Å². The molecular formula is C16H28N2O. The van der Waals surface area contributed by atoms with E-state index < -0.39 is 0 Å². The Kier molecular flexibility index (Phi) is 3.33. The summed E-state index contributed by atoms with van der Waals surface area (Å²) in [7, 11) is 1.90. The first-order valence-corrected chi connectivity index (χ1v) is 8.36. The average molecular weight is 264 g/mol. The molecule has 4 rings (SSSR count). The zero-order chi connectivity index (χ0) is 12.8. The van der Waals surface area contributed by atoms with E-state index in [-0.39, 0.29) is 0 Å². The van der Waals surface area contributed by atoms with Crippen LogP contribution in [0, 0.1) is 11.8 Å². The van der Waals surface area contributed by atoms with Crippen molar-refractivity contribution < 1.29 is 4.74 Å². The lowest BCUT2D eigenvalue weighted by atomic mass is 9.70. The molecular weight excluding hydrogens is 236 g/mol. The number of methoxy groups -OCH3 is 1. The lowest BCUT2D eigenvalue weighted by Crippen LogP contribution is -2.64. The van der Waals surface area contributed by atoms with Crippen molar-refractivity contribution in [3.63, 3.8) is 0 Å². The second-order valence-corrected chi connectivity index (χ2v) is 7.26. The second-order valence-electron chi connectivity index (χ2n) is 7.26. The van der Waals surface area contributed by atoms with Crippen LogP contribution < -0.4 is 0 Å². The van der Waals surface area contributed by atoms with Crippen LogP contribution in [0.1, 0.15) is 38.5 Å². The predicted molar refractivity (Wildman–Crippen MR) is 76.2 cm³/mol. The van der Waals surface area contributed by atoms with Gasteiger partial charge in [-0.3, -0.25) is 9.80 Å². The molecule has 4 heterocycles. The van der Waals surface area contributed by atoms with Crippen molar-refractivity contribution in [2.75, 3.05) is 33.3 Å². The first-order chi connectivity index (χ1) is 9.35. The summed E-state index contributed by atoms with van der Waals surface area (Å²) < 4.78 is 5.64. The first-order valence-electron chi connectivity index (χ1n) is 8.36. The molecule has 0 aliphatic carbocycles. The van der Waals surface area contributed by atoms with E-state index in [9.17, 15) is 0 Å². The maximum atomic E-state index is 5.64. The van der Waals surface area contributed by atoms with Crippen LogP contribution in [0.3, 0.4) is 0 Å². The van der Waals surface area contributed by atoms with Gasteiger partial charge in [0, 0.05) is 38.8 Å². The minimum absolute atomic E-state index is 0.525. The molecule has 4 aliphatic heterocycles. The number of rotatable bonds is 1. The molecule has 4 aliphatic rings. The fourth-order valence-electron chi connectivity index (χ4n) is 5.42. The molecule has 0 aromatic carbocycles. The molecule has 4 fully saturated rings. The van der Waals surface area contributed by atoms with Crippen LogP contribution in [0.5, 0.6) is 0 Å². The Morgan fingerprint density at radius 3 is 2.47 bits per heavy atom. The lowest BCUT2D eigenvalue weighted by molar-refractivity contribution is -0.0954. The maximum Gasteiger partial charge on any atom is 0.0598 e. The highest BCUT2D eigenvalue weighted by Gasteiger charge is 2.47. The summed E-state index contributed by atoms with van der Waals surface area (Å²) >= 11 is 0. The number of piperidine rings is 4. The summed E-state index contributed by atoms with van der Waals surface area (Å²) in [6, 6.07) is 1.74. The molecule has 2 bridgehead atoms. The monoisotopic (exact) mass is 264 g/mol. The van der Waals surface area contributed by atoms with Crippen LogP contribution >= 0.6 is 0 Å². The van der Waals surface area contributed by atoms with E-state index >= 15 is 0 Å². The minimum atomic E-state index is 0.525. The Labute approximate surface area is 117 Å². The van der Waals surface area contributed by atoms with Gasteiger partial charge in [-0.2, -0.15) is 0 Å². The van der Waals surface area contributed by atoms with Gasteiger partial charge in [-0.1, -0.05) is 6.42 Å². The van der Waals surface area contributed by atoms with E-state index in [0.29, 0.717) is 6.10 Å². The molecule has 0 aromatic heterocycles. The maximum absolute atomic E-state index is 5.64. The fourth-order valence-corrected chi connectivity index (χ4v) is 5.42. The summed E-state index contributed by atoms with van der Waals surface area (Å²) in [5, 5.41) is 0. The Morgan fingerprint density at radius 1 is 0.842 bits per heavy atom. The van der Waals surface area contributed by atoms with Crippen molar-refractivity contribution in [3.8, 4) is 0 Å². The van der Waals surface area contributed by atoms with E-state index in [2.05, 4.69) is 9.80 Å². The van der Waals surface area contributed by atoms with Gasteiger partial charge in [0.15, 0.2) is 0 Å². The van der Waals surface area contributed by atoms with Crippen molar-refractivity contribution in [2.45, 2.75) is 56.7 Å². The summed E-state index contributed by atoms with van der Waals surface area (Å²) in [5.74, 6) is 1.89. The Balaban J connectivity index is 1.52. The van der Waals surface area contributed by atoms with Gasteiger partial charge in [0.05, 0.1) is 6.10 Å². The molecule has 3 nitrogen and oxygen atoms in total. The third-order valence-electron chi connectivity index (χ3n) is 6.34. The van der Waals surface area contributed by atoms with Gasteiger partial charge in [-0.05, 0) is 50.5 Å². The molecule has 19 heavy (non-hydrogen) atoms. The summed E-state index contributed by atoms with van der Waals surface area (Å²) in [6.07, 6.45) is 8.93. The smallest absolute Gasteiger partial charge is 0.0598 e. The highest BCUT2D eigenvalue weighted by molar-refractivity contribution is 5.01. The van der Waals surface area contributed by atoms with Crippen molar-refractivity contribution >= 4 is 0 Å². The van der Waals surface area contributed by atoms with Gasteiger partial charge in [-0.15, -0.1) is 0 Å². The minimum Gasteiger partial charge on any atom is -0.381 e. The number of hydrogen-bond acceptors (Lipinski definition) is 3. The van der Waals surface area contributed by atoms with Crippen LogP contribution in [-0.2, 0) is 4.74 Å². The van der Waals surface area contributed by atoms with Crippen molar-refractivity contribution in [2.24, 2.45) is 11.8 Å². The van der Waals surface area contributed by atoms with Crippen LogP contribution in [0.2, 0.25) is 0 Å². The van der Waals surface area contributed by atoms with Gasteiger partial charge < -0.3 is 4.74 Å². The quantitative estimate of drug-likeness (QED) is 0.720. The predicted octanol–water partition coefficient (Wildman–Crippen LogP) is 1.97. The van der Waals surface area contributed by atoms with E-state index in [1.165, 1.54) is 64.7 Å². The molecule has 0 unspecified atom stereocenters. The largest absolute Gasteiger partial charge is 0.381 e. The molecule has 0 spiro atoms. The Morgan fingerprint density at radius 2 is 1.63 bits per heavy atom. The number of hydrogen-bond donors (Lipinski definition) is 0. The standard InChI is InChI=1S/C16H28N2O/c1-19-14-5-7-18-10-12-8-13(16(18)9-14)11-17-6-3-2-4-15(12)17/h12-16H,2-11H2,1H3/t12-,13-,14-,15-,16+/m1/s1. The van der Waals surface area contributed by atoms with Gasteiger partial charge in [0.1, 0.15) is 0 Å². The average Bonchev–Trinajstić information content (AvgIpc) is 2.47. The van der Waals surface area contributed by atoms with E-state index in [4.69, 9.17) is 4.74 Å². The third-order valence-corrected chi connectivity index (χ3v) is 6.34. The molecule has 0 amide bonds. The van der Waals surface area contributed by atoms with Gasteiger partial charge in [0.2, 0.25) is 0 Å². The number of fused-ring (bicyclic) bond motifs is 6. The van der Waals surface area contributed by atoms with Crippen LogP contribution in [-0.4, -0.2) is 61.3 Å². The topological polar surface area (TPSA) is 15.7 Å². The van der Waals surface area contributed by atoms with E-state index in [0.717, 1.165) is 23.9 Å². The van der Waals surface area contributed by atoms with Crippen LogP contribution in [0.15, 0.2) is 0 Å². The van der Waals surface area contributed by atoms with Crippen LogP contribution in [0.4, 0.5) is 0 Å².